The lowest BCUT2D eigenvalue weighted by Crippen LogP contribution is -2.28. The highest BCUT2D eigenvalue weighted by Crippen LogP contribution is 2.20. The number of phenols is 1. The Morgan fingerprint density at radius 2 is 1.95 bits per heavy atom. The maximum atomic E-state index is 12.1. The van der Waals surface area contributed by atoms with Crippen molar-refractivity contribution in [3.8, 4) is 5.75 Å². The van der Waals surface area contributed by atoms with E-state index >= 15 is 0 Å². The maximum Gasteiger partial charge on any atom is 0.357 e. The number of hydrogen-bond donors (Lipinski definition) is 1. The predicted octanol–water partition coefficient (Wildman–Crippen LogP) is 1.63. The zero-order chi connectivity index (χ0) is 14.8. The molecule has 0 saturated heterocycles. The van der Waals surface area contributed by atoms with Crippen LogP contribution >= 0.6 is 11.8 Å². The van der Waals surface area contributed by atoms with Crippen molar-refractivity contribution >= 4 is 23.3 Å². The highest BCUT2D eigenvalue weighted by Gasteiger charge is 2.13. The molecule has 7 heteroatoms. The number of thioether (sulfide) groups is 1. The molecule has 6 nitrogen and oxygen atoms in total. The summed E-state index contributed by atoms with van der Waals surface area (Å²) < 4.78 is 2.20. The van der Waals surface area contributed by atoms with Gasteiger partial charge in [-0.05, 0) is 36.4 Å². The average Bonchev–Trinajstić information content (AvgIpc) is 2.84. The number of fused-ring (bicyclic) bond motifs is 1. The van der Waals surface area contributed by atoms with E-state index in [9.17, 15) is 14.7 Å². The van der Waals surface area contributed by atoms with Crippen molar-refractivity contribution in [1.82, 2.24) is 14.2 Å². The number of carbonyl (C=O) groups excluding carboxylic acids is 1. The van der Waals surface area contributed by atoms with Crippen molar-refractivity contribution in [3.63, 3.8) is 0 Å². The van der Waals surface area contributed by atoms with E-state index in [1.165, 1.54) is 16.2 Å². The number of rotatable bonds is 3. The molecule has 1 aromatic carbocycles. The van der Waals surface area contributed by atoms with Crippen LogP contribution in [0.1, 0.15) is 4.79 Å². The average molecular weight is 301 g/mol. The van der Waals surface area contributed by atoms with Crippen molar-refractivity contribution in [3.05, 3.63) is 59.1 Å². The molecule has 0 spiro atoms. The molecule has 3 aromatic rings. The minimum atomic E-state index is -0.470. The van der Waals surface area contributed by atoms with Crippen LogP contribution in [0, 0.1) is 0 Å². The number of benzene rings is 1. The molecule has 0 aliphatic heterocycles. The summed E-state index contributed by atoms with van der Waals surface area (Å²) in [5, 5.41) is 13.2. The number of hydrogen-bond acceptors (Lipinski definition) is 5. The van der Waals surface area contributed by atoms with Gasteiger partial charge in [-0.15, -0.1) is 21.5 Å². The van der Waals surface area contributed by atoms with Crippen LogP contribution in [0.25, 0.3) is 5.65 Å². The van der Waals surface area contributed by atoms with Gasteiger partial charge in [-0.3, -0.25) is 4.79 Å². The lowest BCUT2D eigenvalue weighted by atomic mass is 10.3. The van der Waals surface area contributed by atoms with Gasteiger partial charge in [-0.2, -0.15) is 0 Å². The van der Waals surface area contributed by atoms with Crippen molar-refractivity contribution in [2.75, 3.05) is 5.75 Å². The van der Waals surface area contributed by atoms with Crippen molar-refractivity contribution in [2.24, 2.45) is 0 Å². The molecule has 0 amide bonds. The minimum absolute atomic E-state index is 0.0918. The normalized spacial score (nSPS) is 10.9. The van der Waals surface area contributed by atoms with Crippen LogP contribution in [0.4, 0.5) is 0 Å². The van der Waals surface area contributed by atoms with Crippen molar-refractivity contribution in [2.45, 2.75) is 4.90 Å². The molecule has 0 aliphatic rings. The molecule has 2 aromatic heterocycles. The molecule has 0 aliphatic carbocycles. The lowest BCUT2D eigenvalue weighted by molar-refractivity contribution is 0.0922. The summed E-state index contributed by atoms with van der Waals surface area (Å²) in [6, 6.07) is 11.6. The monoisotopic (exact) mass is 301 g/mol. The summed E-state index contributed by atoms with van der Waals surface area (Å²) >= 11 is 1.28. The SMILES string of the molecule is O=C(CSc1ccc(O)cc1)n1nc2ccccn2c1=O. The number of aromatic nitrogens is 3. The van der Waals surface area contributed by atoms with Gasteiger partial charge in [0.25, 0.3) is 5.91 Å². The van der Waals surface area contributed by atoms with E-state index in [0.29, 0.717) is 5.65 Å². The van der Waals surface area contributed by atoms with Crippen LogP contribution in [-0.4, -0.2) is 30.9 Å². The summed E-state index contributed by atoms with van der Waals surface area (Å²) in [5.74, 6) is -0.127. The quantitative estimate of drug-likeness (QED) is 0.744. The first-order valence-corrected chi connectivity index (χ1v) is 7.15. The van der Waals surface area contributed by atoms with Crippen molar-refractivity contribution in [1.29, 1.82) is 0 Å². The third-order valence-electron chi connectivity index (χ3n) is 2.86. The Morgan fingerprint density at radius 1 is 1.19 bits per heavy atom. The van der Waals surface area contributed by atoms with E-state index in [1.807, 2.05) is 0 Å². The number of phenolic OH excluding ortho intramolecular Hbond substituents is 1. The van der Waals surface area contributed by atoms with Crippen LogP contribution in [0.3, 0.4) is 0 Å². The smallest absolute Gasteiger partial charge is 0.357 e. The van der Waals surface area contributed by atoms with Gasteiger partial charge in [-0.1, -0.05) is 6.07 Å². The Hall–Kier alpha value is -2.54. The van der Waals surface area contributed by atoms with Gasteiger partial charge in [0.05, 0.1) is 5.75 Å². The van der Waals surface area contributed by atoms with Crippen LogP contribution < -0.4 is 5.69 Å². The highest BCUT2D eigenvalue weighted by molar-refractivity contribution is 8.00. The summed E-state index contributed by atoms with van der Waals surface area (Å²) in [4.78, 5) is 24.9. The number of aromatic hydroxyl groups is 1. The van der Waals surface area contributed by atoms with Gasteiger partial charge in [0.15, 0.2) is 5.65 Å². The van der Waals surface area contributed by atoms with Gasteiger partial charge in [-0.25, -0.2) is 9.20 Å². The zero-order valence-electron chi connectivity index (χ0n) is 10.8. The standard InChI is InChI=1S/C14H11N3O3S/c18-10-4-6-11(7-5-10)21-9-13(19)17-14(20)16-8-2-1-3-12(16)15-17/h1-8,18H,9H2. The van der Waals surface area contributed by atoms with E-state index in [1.54, 1.807) is 48.7 Å². The summed E-state index contributed by atoms with van der Waals surface area (Å²) in [5.41, 5.74) is -0.0348. The third-order valence-corrected chi connectivity index (χ3v) is 3.86. The predicted molar refractivity (Wildman–Crippen MR) is 78.9 cm³/mol. The van der Waals surface area contributed by atoms with Crippen molar-refractivity contribution < 1.29 is 9.90 Å². The largest absolute Gasteiger partial charge is 0.508 e. The first-order chi connectivity index (χ1) is 10.1. The van der Waals surface area contributed by atoms with Gasteiger partial charge in [0.2, 0.25) is 0 Å². The first kappa shape index (κ1) is 13.4. The molecule has 0 radical (unpaired) electrons. The van der Waals surface area contributed by atoms with E-state index in [-0.39, 0.29) is 17.4 Å². The summed E-state index contributed by atoms with van der Waals surface area (Å²) in [6.45, 7) is 0. The molecule has 0 bridgehead atoms. The summed E-state index contributed by atoms with van der Waals surface area (Å²) in [7, 11) is 0. The second-order valence-electron chi connectivity index (χ2n) is 4.30. The van der Waals surface area contributed by atoms with E-state index < -0.39 is 5.69 Å². The fraction of sp³-hybridized carbons (Fsp3) is 0.0714. The third kappa shape index (κ3) is 2.68. The first-order valence-electron chi connectivity index (χ1n) is 6.16. The fourth-order valence-corrected chi connectivity index (χ4v) is 2.58. The molecule has 106 valence electrons. The molecule has 0 atom stereocenters. The molecule has 1 N–H and O–H groups in total. The number of carbonyl (C=O) groups is 1. The van der Waals surface area contributed by atoms with Gasteiger partial charge in [0, 0.05) is 11.1 Å². The van der Waals surface area contributed by atoms with Crippen LogP contribution in [0.15, 0.2) is 58.4 Å². The minimum Gasteiger partial charge on any atom is -0.508 e. The molecular weight excluding hydrogens is 290 g/mol. The maximum absolute atomic E-state index is 12.1. The Bertz CT molecular complexity index is 852. The van der Waals surface area contributed by atoms with Crippen LogP contribution in [0.5, 0.6) is 5.75 Å². The fourth-order valence-electron chi connectivity index (χ4n) is 1.84. The topological polar surface area (TPSA) is 76.6 Å². The second kappa shape index (κ2) is 5.45. The zero-order valence-corrected chi connectivity index (χ0v) is 11.7. The highest BCUT2D eigenvalue weighted by atomic mass is 32.2. The molecule has 3 rings (SSSR count). The number of nitrogens with zero attached hydrogens (tertiary/aromatic N) is 3. The van der Waals surface area contributed by atoms with E-state index in [2.05, 4.69) is 5.10 Å². The Morgan fingerprint density at radius 3 is 2.67 bits per heavy atom. The van der Waals surface area contributed by atoms with Crippen LogP contribution in [0.2, 0.25) is 0 Å². The second-order valence-corrected chi connectivity index (χ2v) is 5.35. The molecule has 2 heterocycles. The Kier molecular flexibility index (Phi) is 3.49. The Labute approximate surface area is 123 Å². The molecule has 0 unspecified atom stereocenters. The number of pyridine rings is 1. The van der Waals surface area contributed by atoms with Gasteiger partial charge in [0.1, 0.15) is 5.75 Å². The molecule has 21 heavy (non-hydrogen) atoms. The molecule has 0 saturated carbocycles. The molecule has 0 fully saturated rings. The Balaban J connectivity index is 1.79. The van der Waals surface area contributed by atoms with E-state index in [4.69, 9.17) is 0 Å². The van der Waals surface area contributed by atoms with Gasteiger partial charge < -0.3 is 5.11 Å². The van der Waals surface area contributed by atoms with Gasteiger partial charge >= 0.3 is 5.69 Å². The van der Waals surface area contributed by atoms with Crippen LogP contribution in [-0.2, 0) is 0 Å². The lowest BCUT2D eigenvalue weighted by Gasteiger charge is -2.00. The molecular formula is C14H11N3O3S. The van der Waals surface area contributed by atoms with E-state index in [0.717, 1.165) is 9.58 Å². The summed E-state index contributed by atoms with van der Waals surface area (Å²) in [6.07, 6.45) is 1.57.